The zero-order valence-electron chi connectivity index (χ0n) is 16.6. The van der Waals surface area contributed by atoms with Crippen LogP contribution in [0.2, 0.25) is 0 Å². The Labute approximate surface area is 161 Å². The maximum atomic E-state index is 13.2. The van der Waals surface area contributed by atoms with Crippen molar-refractivity contribution in [2.45, 2.75) is 95.9 Å². The van der Waals surface area contributed by atoms with Crippen LogP contribution in [-0.2, 0) is 9.59 Å². The van der Waals surface area contributed by atoms with Crippen LogP contribution < -0.4 is 10.7 Å². The molecular weight excluding hydrogens is 342 g/mol. The fraction of sp³-hybridized carbons (Fsp3) is 0.850. The first-order valence-electron chi connectivity index (χ1n) is 10.8. The number of piperazine rings is 1. The lowest BCUT2D eigenvalue weighted by molar-refractivity contribution is -0.152. The molecule has 0 aromatic carbocycles. The summed E-state index contributed by atoms with van der Waals surface area (Å²) >= 11 is 0. The number of nitrogens with zero attached hydrogens (tertiary/aromatic N) is 3. The summed E-state index contributed by atoms with van der Waals surface area (Å²) in [5.41, 5.74) is 3.05. The molecule has 0 spiro atoms. The molecule has 3 fully saturated rings. The van der Waals surface area contributed by atoms with Gasteiger partial charge < -0.3 is 15.1 Å². The van der Waals surface area contributed by atoms with E-state index in [0.717, 1.165) is 37.9 Å². The summed E-state index contributed by atoms with van der Waals surface area (Å²) in [6.45, 7) is 4.42. The van der Waals surface area contributed by atoms with Gasteiger partial charge in [0.1, 0.15) is 12.4 Å². The Hall–Kier alpha value is -1.79. The molecule has 0 bridgehead atoms. The maximum absolute atomic E-state index is 13.2. The van der Waals surface area contributed by atoms with Crippen LogP contribution in [-0.4, -0.2) is 58.3 Å². The van der Waals surface area contributed by atoms with Crippen LogP contribution >= 0.6 is 0 Å². The number of hydrogen-bond donors (Lipinski definition) is 2. The van der Waals surface area contributed by atoms with Gasteiger partial charge in [0.15, 0.2) is 6.17 Å². The number of carbonyl (C=O) groups is 2. The molecule has 2 heterocycles. The van der Waals surface area contributed by atoms with E-state index in [1.54, 1.807) is 0 Å². The molecule has 7 nitrogen and oxygen atoms in total. The van der Waals surface area contributed by atoms with Crippen molar-refractivity contribution in [1.82, 2.24) is 20.5 Å². The largest absolute Gasteiger partial charge is 0.352 e. The second kappa shape index (κ2) is 7.68. The second-order valence-electron chi connectivity index (χ2n) is 8.85. The van der Waals surface area contributed by atoms with Gasteiger partial charge in [0.25, 0.3) is 5.91 Å². The SMILES string of the molecule is CC(C)C1=NNC2C(=O)N(CC(=O)NC3CCCCC3)C3CCCCC3N12. The lowest BCUT2D eigenvalue weighted by atomic mass is 9.84. The average molecular weight is 376 g/mol. The molecular formula is C20H33N5O2. The van der Waals surface area contributed by atoms with Crippen LogP contribution in [0.3, 0.4) is 0 Å². The third-order valence-electron chi connectivity index (χ3n) is 6.61. The quantitative estimate of drug-likeness (QED) is 0.785. The Morgan fingerprint density at radius 2 is 1.78 bits per heavy atom. The zero-order chi connectivity index (χ0) is 19.0. The van der Waals surface area contributed by atoms with Gasteiger partial charge in [0.2, 0.25) is 5.91 Å². The van der Waals surface area contributed by atoms with Crippen molar-refractivity contribution < 1.29 is 9.59 Å². The van der Waals surface area contributed by atoms with Gasteiger partial charge >= 0.3 is 0 Å². The van der Waals surface area contributed by atoms with Crippen molar-refractivity contribution in [3.63, 3.8) is 0 Å². The number of rotatable bonds is 4. The predicted octanol–water partition coefficient (Wildman–Crippen LogP) is 1.79. The molecule has 2 amide bonds. The van der Waals surface area contributed by atoms with E-state index in [4.69, 9.17) is 0 Å². The number of carbonyl (C=O) groups excluding carboxylic acids is 2. The average Bonchev–Trinajstić information content (AvgIpc) is 3.12. The van der Waals surface area contributed by atoms with Crippen LogP contribution in [0, 0.1) is 5.92 Å². The topological polar surface area (TPSA) is 77.0 Å². The van der Waals surface area contributed by atoms with E-state index < -0.39 is 6.17 Å². The molecule has 7 heteroatoms. The van der Waals surface area contributed by atoms with Crippen molar-refractivity contribution in [1.29, 1.82) is 0 Å². The van der Waals surface area contributed by atoms with E-state index in [1.807, 2.05) is 4.90 Å². The van der Waals surface area contributed by atoms with Crippen molar-refractivity contribution in [3.05, 3.63) is 0 Å². The molecule has 2 aliphatic carbocycles. The van der Waals surface area contributed by atoms with E-state index >= 15 is 0 Å². The number of amides is 2. The van der Waals surface area contributed by atoms with Crippen LogP contribution in [0.4, 0.5) is 0 Å². The van der Waals surface area contributed by atoms with Crippen LogP contribution in [0.15, 0.2) is 5.10 Å². The third-order valence-corrected chi connectivity index (χ3v) is 6.61. The molecule has 0 aromatic heterocycles. The summed E-state index contributed by atoms with van der Waals surface area (Å²) < 4.78 is 0. The fourth-order valence-corrected chi connectivity index (χ4v) is 5.31. The molecule has 1 saturated heterocycles. The van der Waals surface area contributed by atoms with Crippen molar-refractivity contribution in [3.8, 4) is 0 Å². The highest BCUT2D eigenvalue weighted by Gasteiger charge is 2.51. The number of hydrazone groups is 1. The van der Waals surface area contributed by atoms with Crippen molar-refractivity contribution in [2.75, 3.05) is 6.54 Å². The minimum Gasteiger partial charge on any atom is -0.352 e. The monoisotopic (exact) mass is 375 g/mol. The third kappa shape index (κ3) is 3.52. The minimum atomic E-state index is -0.441. The van der Waals surface area contributed by atoms with Gasteiger partial charge in [-0.25, -0.2) is 0 Å². The molecule has 4 rings (SSSR count). The summed E-state index contributed by atoms with van der Waals surface area (Å²) in [6.07, 6.45) is 9.66. The Bertz CT molecular complexity index is 613. The molecule has 3 unspecified atom stereocenters. The lowest BCUT2D eigenvalue weighted by Gasteiger charge is -2.51. The van der Waals surface area contributed by atoms with Crippen LogP contribution in [0.5, 0.6) is 0 Å². The molecule has 3 atom stereocenters. The first-order valence-corrected chi connectivity index (χ1v) is 10.8. The van der Waals surface area contributed by atoms with Gasteiger partial charge in [0.05, 0.1) is 12.1 Å². The normalized spacial score (nSPS) is 31.3. The summed E-state index contributed by atoms with van der Waals surface area (Å²) in [5, 5.41) is 7.65. The van der Waals surface area contributed by atoms with Crippen LogP contribution in [0.25, 0.3) is 0 Å². The van der Waals surface area contributed by atoms with Gasteiger partial charge in [-0.1, -0.05) is 46.0 Å². The summed E-state index contributed by atoms with van der Waals surface area (Å²) in [4.78, 5) is 30.0. The molecule has 2 aliphatic heterocycles. The smallest absolute Gasteiger partial charge is 0.268 e. The highest BCUT2D eigenvalue weighted by Crippen LogP contribution is 2.35. The molecule has 4 aliphatic rings. The molecule has 27 heavy (non-hydrogen) atoms. The number of amidine groups is 1. The number of nitrogens with one attached hydrogen (secondary N) is 2. The summed E-state index contributed by atoms with van der Waals surface area (Å²) in [7, 11) is 0. The summed E-state index contributed by atoms with van der Waals surface area (Å²) in [5.74, 6) is 1.25. The van der Waals surface area contributed by atoms with E-state index in [2.05, 4.69) is 34.6 Å². The van der Waals surface area contributed by atoms with E-state index in [9.17, 15) is 9.59 Å². The Kier molecular flexibility index (Phi) is 5.28. The van der Waals surface area contributed by atoms with Gasteiger partial charge in [-0.2, -0.15) is 5.10 Å². The van der Waals surface area contributed by atoms with E-state index in [1.165, 1.54) is 25.7 Å². The van der Waals surface area contributed by atoms with Crippen molar-refractivity contribution >= 4 is 17.6 Å². The maximum Gasteiger partial charge on any atom is 0.268 e. The Morgan fingerprint density at radius 1 is 1.11 bits per heavy atom. The lowest BCUT2D eigenvalue weighted by Crippen LogP contribution is -2.70. The molecule has 0 radical (unpaired) electrons. The predicted molar refractivity (Wildman–Crippen MR) is 104 cm³/mol. The second-order valence-corrected chi connectivity index (χ2v) is 8.85. The highest BCUT2D eigenvalue weighted by atomic mass is 16.2. The molecule has 2 N–H and O–H groups in total. The zero-order valence-corrected chi connectivity index (χ0v) is 16.6. The van der Waals surface area contributed by atoms with Crippen LogP contribution in [0.1, 0.15) is 71.6 Å². The molecule has 0 aromatic rings. The van der Waals surface area contributed by atoms with Gasteiger partial charge in [0, 0.05) is 12.0 Å². The van der Waals surface area contributed by atoms with E-state index in [-0.39, 0.29) is 42.4 Å². The standard InChI is InChI=1S/C20H33N5O2/c1-13(2)18-22-23-19-20(27)24(15-10-6-7-11-16(15)25(18)19)12-17(26)21-14-8-4-3-5-9-14/h13-16,19,23H,3-12H2,1-2H3,(H,21,26). The van der Waals surface area contributed by atoms with Crippen molar-refractivity contribution in [2.24, 2.45) is 11.0 Å². The van der Waals surface area contributed by atoms with Gasteiger partial charge in [-0.15, -0.1) is 0 Å². The number of hydrogen-bond acceptors (Lipinski definition) is 5. The first-order chi connectivity index (χ1) is 13.1. The Morgan fingerprint density at radius 3 is 2.48 bits per heavy atom. The molecule has 2 saturated carbocycles. The Balaban J connectivity index is 1.48. The minimum absolute atomic E-state index is 0.00339. The summed E-state index contributed by atoms with van der Waals surface area (Å²) in [6, 6.07) is 0.661. The van der Waals surface area contributed by atoms with Gasteiger partial charge in [-0.05, 0) is 25.7 Å². The molecule has 150 valence electrons. The van der Waals surface area contributed by atoms with E-state index in [0.29, 0.717) is 0 Å². The fourth-order valence-electron chi connectivity index (χ4n) is 5.31. The highest BCUT2D eigenvalue weighted by molar-refractivity contribution is 5.96. The first kappa shape index (κ1) is 18.6. The number of fused-ring (bicyclic) bond motifs is 3. The van der Waals surface area contributed by atoms with Gasteiger partial charge in [-0.3, -0.25) is 15.0 Å².